The fourth-order valence-electron chi connectivity index (χ4n) is 1.79. The number of esters is 1. The lowest BCUT2D eigenvalue weighted by Gasteiger charge is -2.10. The highest BCUT2D eigenvalue weighted by atomic mass is 32.2. The van der Waals surface area contributed by atoms with Crippen molar-refractivity contribution < 1.29 is 17.9 Å². The lowest BCUT2D eigenvalue weighted by Crippen LogP contribution is -2.13. The van der Waals surface area contributed by atoms with Crippen LogP contribution in [-0.2, 0) is 26.2 Å². The number of sulfonamides is 1. The van der Waals surface area contributed by atoms with E-state index in [1.807, 2.05) is 0 Å². The van der Waals surface area contributed by atoms with Crippen molar-refractivity contribution in [2.24, 2.45) is 0 Å². The first kappa shape index (κ1) is 16.8. The molecule has 0 atom stereocenters. The molecule has 0 aliphatic heterocycles. The van der Waals surface area contributed by atoms with Gasteiger partial charge in [-0.2, -0.15) is 0 Å². The molecular weight excluding hydrogens is 314 g/mol. The van der Waals surface area contributed by atoms with Crippen LogP contribution in [0.3, 0.4) is 0 Å². The smallest absolute Gasteiger partial charge is 0.333 e. The molecule has 2 aromatic carbocycles. The molecule has 0 fully saturated rings. The molecule has 0 bridgehead atoms. The van der Waals surface area contributed by atoms with Crippen LogP contribution in [0.15, 0.2) is 71.6 Å². The lowest BCUT2D eigenvalue weighted by molar-refractivity contribution is -0.140. The molecule has 0 saturated heterocycles. The first-order chi connectivity index (χ1) is 10.9. The highest BCUT2D eigenvalue weighted by molar-refractivity contribution is 7.92. The van der Waals surface area contributed by atoms with Gasteiger partial charge in [-0.05, 0) is 36.8 Å². The molecule has 23 heavy (non-hydrogen) atoms. The van der Waals surface area contributed by atoms with Crippen LogP contribution in [0.4, 0.5) is 5.69 Å². The molecule has 0 spiro atoms. The number of carbonyl (C=O) groups is 1. The van der Waals surface area contributed by atoms with Crippen molar-refractivity contribution in [2.75, 3.05) is 4.72 Å². The van der Waals surface area contributed by atoms with Gasteiger partial charge in [0, 0.05) is 11.3 Å². The number of anilines is 1. The molecule has 0 amide bonds. The van der Waals surface area contributed by atoms with E-state index < -0.39 is 16.0 Å². The van der Waals surface area contributed by atoms with Gasteiger partial charge in [-0.15, -0.1) is 0 Å². The second kappa shape index (κ2) is 7.11. The van der Waals surface area contributed by atoms with E-state index in [4.69, 9.17) is 4.74 Å². The third-order valence-corrected chi connectivity index (χ3v) is 4.33. The van der Waals surface area contributed by atoms with Gasteiger partial charge in [0.15, 0.2) is 0 Å². The normalized spacial score (nSPS) is 10.8. The molecule has 0 aliphatic carbocycles. The molecular formula is C17H17NO4S. The van der Waals surface area contributed by atoms with Crippen LogP contribution < -0.4 is 4.72 Å². The molecule has 0 aromatic heterocycles. The van der Waals surface area contributed by atoms with E-state index in [9.17, 15) is 13.2 Å². The van der Waals surface area contributed by atoms with Crippen molar-refractivity contribution in [2.45, 2.75) is 18.4 Å². The quantitative estimate of drug-likeness (QED) is 0.652. The molecule has 1 N–H and O–H groups in total. The standard InChI is InChI=1S/C17H17NO4S/c1-13(2)17(19)22-12-14-7-6-10-16(11-14)23(20,21)18-15-8-4-3-5-9-15/h3-11,18H,1,12H2,2H3. The van der Waals surface area contributed by atoms with Gasteiger partial charge in [-0.25, -0.2) is 13.2 Å². The summed E-state index contributed by atoms with van der Waals surface area (Å²) in [5.41, 5.74) is 1.35. The van der Waals surface area contributed by atoms with Crippen LogP contribution in [0.25, 0.3) is 0 Å². The highest BCUT2D eigenvalue weighted by Gasteiger charge is 2.15. The Bertz CT molecular complexity index is 813. The van der Waals surface area contributed by atoms with Crippen LogP contribution in [0.5, 0.6) is 0 Å². The zero-order chi connectivity index (χ0) is 16.9. The number of nitrogens with one attached hydrogen (secondary N) is 1. The Morgan fingerprint density at radius 1 is 1.13 bits per heavy atom. The Balaban J connectivity index is 2.15. The van der Waals surface area contributed by atoms with E-state index in [1.165, 1.54) is 12.1 Å². The van der Waals surface area contributed by atoms with E-state index in [0.717, 1.165) is 0 Å². The van der Waals surface area contributed by atoms with Gasteiger partial charge in [0.1, 0.15) is 6.61 Å². The molecule has 120 valence electrons. The largest absolute Gasteiger partial charge is 0.457 e. The van der Waals surface area contributed by atoms with Gasteiger partial charge in [0.05, 0.1) is 4.90 Å². The number of hydrogen-bond donors (Lipinski definition) is 1. The van der Waals surface area contributed by atoms with Crippen LogP contribution >= 0.6 is 0 Å². The van der Waals surface area contributed by atoms with Crippen molar-refractivity contribution in [1.82, 2.24) is 0 Å². The Morgan fingerprint density at radius 2 is 1.83 bits per heavy atom. The van der Waals surface area contributed by atoms with E-state index in [-0.39, 0.29) is 11.5 Å². The Labute approximate surface area is 135 Å². The molecule has 5 nitrogen and oxygen atoms in total. The fraction of sp³-hybridized carbons (Fsp3) is 0.118. The maximum Gasteiger partial charge on any atom is 0.333 e. The highest BCUT2D eigenvalue weighted by Crippen LogP contribution is 2.17. The average Bonchev–Trinajstić information content (AvgIpc) is 2.53. The van der Waals surface area contributed by atoms with Crippen molar-refractivity contribution in [3.8, 4) is 0 Å². The third-order valence-electron chi connectivity index (χ3n) is 2.95. The van der Waals surface area contributed by atoms with Crippen LogP contribution in [0, 0.1) is 0 Å². The summed E-state index contributed by atoms with van der Waals surface area (Å²) in [6.45, 7) is 5.03. The van der Waals surface area contributed by atoms with E-state index in [1.54, 1.807) is 49.4 Å². The maximum atomic E-state index is 12.4. The predicted molar refractivity (Wildman–Crippen MR) is 88.3 cm³/mol. The Hall–Kier alpha value is -2.60. The molecule has 0 saturated carbocycles. The molecule has 6 heteroatoms. The van der Waals surface area contributed by atoms with Crippen molar-refractivity contribution in [3.63, 3.8) is 0 Å². The molecule has 2 rings (SSSR count). The number of carbonyl (C=O) groups excluding carboxylic acids is 1. The molecule has 0 aliphatic rings. The zero-order valence-electron chi connectivity index (χ0n) is 12.7. The number of benzene rings is 2. The predicted octanol–water partition coefficient (Wildman–Crippen LogP) is 3.11. The zero-order valence-corrected chi connectivity index (χ0v) is 13.5. The monoisotopic (exact) mass is 331 g/mol. The Kier molecular flexibility index (Phi) is 5.18. The van der Waals surface area contributed by atoms with Gasteiger partial charge in [-0.1, -0.05) is 36.9 Å². The van der Waals surface area contributed by atoms with Crippen LogP contribution in [0.2, 0.25) is 0 Å². The van der Waals surface area contributed by atoms with Crippen molar-refractivity contribution in [1.29, 1.82) is 0 Å². The summed E-state index contributed by atoms with van der Waals surface area (Å²) in [6, 6.07) is 14.8. The molecule has 0 radical (unpaired) electrons. The summed E-state index contributed by atoms with van der Waals surface area (Å²) < 4.78 is 32.3. The SMILES string of the molecule is C=C(C)C(=O)OCc1cccc(S(=O)(=O)Nc2ccccc2)c1. The van der Waals surface area contributed by atoms with Crippen molar-refractivity contribution in [3.05, 3.63) is 72.3 Å². The molecule has 0 unspecified atom stereocenters. The second-order valence-corrected chi connectivity index (χ2v) is 6.66. The lowest BCUT2D eigenvalue weighted by atomic mass is 10.2. The summed E-state index contributed by atoms with van der Waals surface area (Å²) in [4.78, 5) is 11.5. The summed E-state index contributed by atoms with van der Waals surface area (Å²) in [5, 5.41) is 0. The molecule has 2 aromatic rings. The summed E-state index contributed by atoms with van der Waals surface area (Å²) >= 11 is 0. The van der Waals surface area contributed by atoms with Crippen LogP contribution in [0.1, 0.15) is 12.5 Å². The fourth-order valence-corrected chi connectivity index (χ4v) is 2.92. The minimum atomic E-state index is -3.70. The van der Waals surface area contributed by atoms with Gasteiger partial charge in [0.2, 0.25) is 0 Å². The first-order valence-corrected chi connectivity index (χ1v) is 8.36. The number of rotatable bonds is 6. The van der Waals surface area contributed by atoms with Crippen LogP contribution in [-0.4, -0.2) is 14.4 Å². The summed E-state index contributed by atoms with van der Waals surface area (Å²) in [5.74, 6) is -0.513. The van der Waals surface area contributed by atoms with Gasteiger partial charge in [0.25, 0.3) is 10.0 Å². The Morgan fingerprint density at radius 3 is 2.48 bits per heavy atom. The van der Waals surface area contributed by atoms with Crippen molar-refractivity contribution >= 4 is 21.7 Å². The van der Waals surface area contributed by atoms with Gasteiger partial charge < -0.3 is 4.74 Å². The van der Waals surface area contributed by atoms with E-state index >= 15 is 0 Å². The maximum absolute atomic E-state index is 12.4. The minimum absolute atomic E-state index is 0.0135. The summed E-state index contributed by atoms with van der Waals surface area (Å²) in [6.07, 6.45) is 0. The van der Waals surface area contributed by atoms with E-state index in [2.05, 4.69) is 11.3 Å². The van der Waals surface area contributed by atoms with Gasteiger partial charge >= 0.3 is 5.97 Å². The third kappa shape index (κ3) is 4.69. The molecule has 0 heterocycles. The second-order valence-electron chi connectivity index (χ2n) is 4.98. The van der Waals surface area contributed by atoms with Gasteiger partial charge in [-0.3, -0.25) is 4.72 Å². The number of para-hydroxylation sites is 1. The summed E-state index contributed by atoms with van der Waals surface area (Å²) in [7, 11) is -3.70. The first-order valence-electron chi connectivity index (χ1n) is 6.88. The topological polar surface area (TPSA) is 72.5 Å². The number of ether oxygens (including phenoxy) is 1. The number of hydrogen-bond acceptors (Lipinski definition) is 4. The van der Waals surface area contributed by atoms with E-state index in [0.29, 0.717) is 16.8 Å². The average molecular weight is 331 g/mol. The minimum Gasteiger partial charge on any atom is -0.457 e.